The molecule has 0 radical (unpaired) electrons. The zero-order chi connectivity index (χ0) is 14.7. The molecule has 5 heteroatoms. The number of hydrogen-bond acceptors (Lipinski definition) is 3. The number of nitro benzene ring substituents is 1. The fourth-order valence-electron chi connectivity index (χ4n) is 1.97. The largest absolute Gasteiger partial charge is 0.294 e. The van der Waals surface area contributed by atoms with Crippen LogP contribution in [0.4, 0.5) is 10.1 Å². The number of aryl methyl sites for hydroxylation is 1. The van der Waals surface area contributed by atoms with Crippen LogP contribution in [0.3, 0.4) is 0 Å². The fourth-order valence-corrected chi connectivity index (χ4v) is 1.97. The smallest absolute Gasteiger partial charge is 0.283 e. The van der Waals surface area contributed by atoms with Gasteiger partial charge in [-0.3, -0.25) is 14.9 Å². The lowest BCUT2D eigenvalue weighted by atomic mass is 9.98. The lowest BCUT2D eigenvalue weighted by molar-refractivity contribution is -0.385. The minimum absolute atomic E-state index is 0.0547. The number of halogens is 1. The van der Waals surface area contributed by atoms with Crippen molar-refractivity contribution in [3.05, 3.63) is 75.1 Å². The normalized spacial score (nSPS) is 10.3. The molecule has 0 aromatic heterocycles. The van der Waals surface area contributed by atoms with Gasteiger partial charge in [0, 0.05) is 6.42 Å². The van der Waals surface area contributed by atoms with Crippen LogP contribution in [0.2, 0.25) is 0 Å². The predicted molar refractivity (Wildman–Crippen MR) is 72.3 cm³/mol. The third kappa shape index (κ3) is 2.88. The number of nitrogens with zero attached hydrogens (tertiary/aromatic N) is 1. The number of nitro groups is 1. The number of ketones is 1. The topological polar surface area (TPSA) is 60.2 Å². The minimum atomic E-state index is -0.742. The Hall–Kier alpha value is -2.56. The van der Waals surface area contributed by atoms with Gasteiger partial charge < -0.3 is 0 Å². The summed E-state index contributed by atoms with van der Waals surface area (Å²) in [6, 6.07) is 10.3. The molecule has 0 N–H and O–H groups in total. The van der Waals surface area contributed by atoms with E-state index in [1.54, 1.807) is 12.1 Å². The van der Waals surface area contributed by atoms with E-state index in [2.05, 4.69) is 0 Å². The standard InChI is InChI=1S/C15H12FNO3/c1-10-4-2-3-5-11(10)8-15(18)13-7-6-12(16)9-14(13)17(19)20/h2-7,9H,8H2,1H3. The van der Waals surface area contributed by atoms with Gasteiger partial charge in [-0.05, 0) is 30.2 Å². The first-order valence-electron chi connectivity index (χ1n) is 6.00. The summed E-state index contributed by atoms with van der Waals surface area (Å²) in [5.41, 5.74) is 1.17. The Kier molecular flexibility index (Phi) is 3.89. The van der Waals surface area contributed by atoms with Gasteiger partial charge in [0.2, 0.25) is 0 Å². The molecule has 0 saturated heterocycles. The molecule has 20 heavy (non-hydrogen) atoms. The molecule has 0 aliphatic carbocycles. The van der Waals surface area contributed by atoms with E-state index in [0.29, 0.717) is 0 Å². The van der Waals surface area contributed by atoms with Crippen molar-refractivity contribution in [1.82, 2.24) is 0 Å². The van der Waals surface area contributed by atoms with E-state index >= 15 is 0 Å². The SMILES string of the molecule is Cc1ccccc1CC(=O)c1ccc(F)cc1[N+](=O)[O-]. The van der Waals surface area contributed by atoms with Crippen LogP contribution in [0.15, 0.2) is 42.5 Å². The molecule has 0 bridgehead atoms. The molecule has 0 saturated carbocycles. The zero-order valence-electron chi connectivity index (χ0n) is 10.8. The number of carbonyl (C=O) groups is 1. The molecule has 0 spiro atoms. The fraction of sp³-hybridized carbons (Fsp3) is 0.133. The Morgan fingerprint density at radius 1 is 1.25 bits per heavy atom. The summed E-state index contributed by atoms with van der Waals surface area (Å²) in [5.74, 6) is -1.13. The first-order chi connectivity index (χ1) is 9.49. The summed E-state index contributed by atoms with van der Waals surface area (Å²) in [5, 5.41) is 10.9. The number of hydrogen-bond donors (Lipinski definition) is 0. The van der Waals surface area contributed by atoms with E-state index in [1.807, 2.05) is 19.1 Å². The van der Waals surface area contributed by atoms with E-state index < -0.39 is 22.2 Å². The van der Waals surface area contributed by atoms with Crippen molar-refractivity contribution in [3.63, 3.8) is 0 Å². The molecule has 0 amide bonds. The van der Waals surface area contributed by atoms with Crippen molar-refractivity contribution in [3.8, 4) is 0 Å². The first-order valence-corrected chi connectivity index (χ1v) is 6.00. The molecular weight excluding hydrogens is 261 g/mol. The van der Waals surface area contributed by atoms with Gasteiger partial charge in [0.05, 0.1) is 16.6 Å². The van der Waals surface area contributed by atoms with E-state index in [-0.39, 0.29) is 12.0 Å². The second-order valence-electron chi connectivity index (χ2n) is 4.45. The summed E-state index contributed by atoms with van der Waals surface area (Å²) in [6.45, 7) is 1.86. The summed E-state index contributed by atoms with van der Waals surface area (Å²) >= 11 is 0. The van der Waals surface area contributed by atoms with Crippen LogP contribution in [-0.2, 0) is 6.42 Å². The van der Waals surface area contributed by atoms with Gasteiger partial charge in [0.1, 0.15) is 5.82 Å². The Balaban J connectivity index is 2.35. The molecule has 2 aromatic rings. The molecular formula is C15H12FNO3. The summed E-state index contributed by atoms with van der Waals surface area (Å²) < 4.78 is 13.0. The van der Waals surface area contributed by atoms with Crippen LogP contribution >= 0.6 is 0 Å². The van der Waals surface area contributed by atoms with Crippen molar-refractivity contribution < 1.29 is 14.1 Å². The average Bonchev–Trinajstić information content (AvgIpc) is 2.41. The average molecular weight is 273 g/mol. The Bertz CT molecular complexity index is 683. The van der Waals surface area contributed by atoms with Crippen LogP contribution < -0.4 is 0 Å². The maximum absolute atomic E-state index is 13.0. The predicted octanol–water partition coefficient (Wildman–Crippen LogP) is 3.47. The van der Waals surface area contributed by atoms with E-state index in [9.17, 15) is 19.3 Å². The van der Waals surface area contributed by atoms with Crippen LogP contribution in [0.1, 0.15) is 21.5 Å². The van der Waals surface area contributed by atoms with Gasteiger partial charge in [-0.15, -0.1) is 0 Å². The van der Waals surface area contributed by atoms with Crippen molar-refractivity contribution in [2.24, 2.45) is 0 Å². The summed E-state index contributed by atoms with van der Waals surface area (Å²) in [6.07, 6.45) is 0.0547. The monoisotopic (exact) mass is 273 g/mol. The number of carbonyl (C=O) groups excluding carboxylic acids is 1. The molecule has 0 unspecified atom stereocenters. The van der Waals surface area contributed by atoms with E-state index in [4.69, 9.17) is 0 Å². The van der Waals surface area contributed by atoms with Crippen molar-refractivity contribution in [2.45, 2.75) is 13.3 Å². The maximum atomic E-state index is 13.0. The summed E-state index contributed by atoms with van der Waals surface area (Å²) in [7, 11) is 0. The Morgan fingerprint density at radius 2 is 1.95 bits per heavy atom. The molecule has 2 aromatic carbocycles. The van der Waals surface area contributed by atoms with Gasteiger partial charge in [0.25, 0.3) is 5.69 Å². The Morgan fingerprint density at radius 3 is 2.60 bits per heavy atom. The summed E-state index contributed by atoms with van der Waals surface area (Å²) in [4.78, 5) is 22.3. The molecule has 2 rings (SSSR count). The molecule has 0 atom stereocenters. The lowest BCUT2D eigenvalue weighted by Crippen LogP contribution is -2.08. The molecule has 102 valence electrons. The van der Waals surface area contributed by atoms with Crippen molar-refractivity contribution in [2.75, 3.05) is 0 Å². The second kappa shape index (κ2) is 5.61. The third-order valence-corrected chi connectivity index (χ3v) is 3.07. The van der Waals surface area contributed by atoms with Crippen LogP contribution in [-0.4, -0.2) is 10.7 Å². The molecule has 0 heterocycles. The second-order valence-corrected chi connectivity index (χ2v) is 4.45. The molecule has 4 nitrogen and oxygen atoms in total. The third-order valence-electron chi connectivity index (χ3n) is 3.07. The molecule has 0 aliphatic heterocycles. The lowest BCUT2D eigenvalue weighted by Gasteiger charge is -2.05. The van der Waals surface area contributed by atoms with E-state index in [0.717, 1.165) is 29.3 Å². The quantitative estimate of drug-likeness (QED) is 0.487. The highest BCUT2D eigenvalue weighted by molar-refractivity contribution is 6.01. The van der Waals surface area contributed by atoms with E-state index in [1.165, 1.54) is 0 Å². The van der Waals surface area contributed by atoms with Crippen molar-refractivity contribution >= 4 is 11.5 Å². The number of Topliss-reactive ketones (excluding diaryl/α,β-unsaturated/α-hetero) is 1. The van der Waals surface area contributed by atoms with Crippen LogP contribution in [0, 0.1) is 22.9 Å². The molecule has 0 aliphatic rings. The van der Waals surface area contributed by atoms with Crippen LogP contribution in [0.25, 0.3) is 0 Å². The highest BCUT2D eigenvalue weighted by Crippen LogP contribution is 2.22. The minimum Gasteiger partial charge on any atom is -0.294 e. The first kappa shape index (κ1) is 13.9. The number of rotatable bonds is 4. The van der Waals surface area contributed by atoms with Crippen LogP contribution in [0.5, 0.6) is 0 Å². The maximum Gasteiger partial charge on any atom is 0.283 e. The highest BCUT2D eigenvalue weighted by Gasteiger charge is 2.21. The van der Waals surface area contributed by atoms with Gasteiger partial charge in [-0.25, -0.2) is 4.39 Å². The number of benzene rings is 2. The van der Waals surface area contributed by atoms with Gasteiger partial charge in [0.15, 0.2) is 5.78 Å². The zero-order valence-corrected chi connectivity index (χ0v) is 10.8. The molecule has 0 fully saturated rings. The van der Waals surface area contributed by atoms with Gasteiger partial charge in [-0.1, -0.05) is 24.3 Å². The highest BCUT2D eigenvalue weighted by atomic mass is 19.1. The van der Waals surface area contributed by atoms with Gasteiger partial charge >= 0.3 is 0 Å². The van der Waals surface area contributed by atoms with Crippen molar-refractivity contribution in [1.29, 1.82) is 0 Å². The van der Waals surface area contributed by atoms with Gasteiger partial charge in [-0.2, -0.15) is 0 Å². The Labute approximate surface area is 115 Å².